The number of hydrogen-bond donors (Lipinski definition) is 3. The average molecular weight is 234 g/mol. The maximum absolute atomic E-state index is 13.0. The molecule has 0 spiro atoms. The molecule has 0 radical (unpaired) electrons. The Labute approximate surface area is 90.1 Å². The number of carbonyl (C=O) groups is 1. The molecule has 0 aliphatic carbocycles. The van der Waals surface area contributed by atoms with Gasteiger partial charge in [0.15, 0.2) is 0 Å². The van der Waals surface area contributed by atoms with Gasteiger partial charge >= 0.3 is 5.97 Å². The Morgan fingerprint density at radius 2 is 2.13 bits per heavy atom. The molecule has 0 saturated heterocycles. The van der Waals surface area contributed by atoms with Gasteiger partial charge in [0.25, 0.3) is 0 Å². The Balaban J connectivity index is 2.96. The first kappa shape index (κ1) is 11.9. The van der Waals surface area contributed by atoms with E-state index >= 15 is 0 Å². The molecule has 4 N–H and O–H groups in total. The van der Waals surface area contributed by atoms with E-state index in [1.807, 2.05) is 0 Å². The summed E-state index contributed by atoms with van der Waals surface area (Å²) in [6.07, 6.45) is -1.46. The molecule has 1 aromatic rings. The Kier molecular flexibility index (Phi) is 3.62. The van der Waals surface area contributed by atoms with Crippen LogP contribution in [0.4, 0.5) is 4.39 Å². The largest absolute Gasteiger partial charge is 0.480 e. The molecule has 1 rings (SSSR count). The van der Waals surface area contributed by atoms with E-state index in [-0.39, 0.29) is 10.6 Å². The van der Waals surface area contributed by atoms with Crippen molar-refractivity contribution in [2.24, 2.45) is 5.73 Å². The van der Waals surface area contributed by atoms with Crippen molar-refractivity contribution in [1.82, 2.24) is 0 Å². The molecule has 6 heteroatoms. The first-order valence-corrected chi connectivity index (χ1v) is 4.42. The van der Waals surface area contributed by atoms with Gasteiger partial charge in [-0.1, -0.05) is 17.7 Å². The maximum atomic E-state index is 13.0. The Morgan fingerprint density at radius 3 is 2.60 bits per heavy atom. The summed E-state index contributed by atoms with van der Waals surface area (Å²) >= 11 is 5.42. The molecule has 0 aliphatic rings. The lowest BCUT2D eigenvalue weighted by Crippen LogP contribution is -2.36. The van der Waals surface area contributed by atoms with Gasteiger partial charge in [-0.2, -0.15) is 0 Å². The molecule has 0 fully saturated rings. The Bertz CT molecular complexity index is 386. The second kappa shape index (κ2) is 4.57. The minimum Gasteiger partial charge on any atom is -0.480 e. The van der Waals surface area contributed by atoms with Crippen molar-refractivity contribution >= 4 is 17.6 Å². The minimum absolute atomic E-state index is 0.0757. The monoisotopic (exact) mass is 233 g/mol. The van der Waals surface area contributed by atoms with Crippen LogP contribution in [0.3, 0.4) is 0 Å². The third-order valence-electron chi connectivity index (χ3n) is 1.91. The quantitative estimate of drug-likeness (QED) is 0.725. The lowest BCUT2D eigenvalue weighted by molar-refractivity contribution is -0.141. The molecule has 2 unspecified atom stereocenters. The van der Waals surface area contributed by atoms with Crippen LogP contribution < -0.4 is 5.73 Å². The Morgan fingerprint density at radius 1 is 1.53 bits per heavy atom. The molecule has 0 heterocycles. The van der Waals surface area contributed by atoms with E-state index in [4.69, 9.17) is 22.4 Å². The van der Waals surface area contributed by atoms with E-state index in [0.717, 1.165) is 6.07 Å². The summed E-state index contributed by atoms with van der Waals surface area (Å²) in [6, 6.07) is 2.00. The van der Waals surface area contributed by atoms with Crippen molar-refractivity contribution in [3.05, 3.63) is 34.6 Å². The number of aliphatic hydroxyl groups is 1. The summed E-state index contributed by atoms with van der Waals surface area (Å²) < 4.78 is 13.0. The lowest BCUT2D eigenvalue weighted by Gasteiger charge is -2.15. The van der Waals surface area contributed by atoms with Crippen molar-refractivity contribution in [2.75, 3.05) is 0 Å². The van der Waals surface area contributed by atoms with E-state index in [1.165, 1.54) is 12.1 Å². The molecule has 0 aromatic heterocycles. The fourth-order valence-electron chi connectivity index (χ4n) is 1.04. The lowest BCUT2D eigenvalue weighted by atomic mass is 10.0. The third kappa shape index (κ3) is 2.65. The molecule has 1 aromatic carbocycles. The van der Waals surface area contributed by atoms with Crippen LogP contribution in [0.1, 0.15) is 11.7 Å². The van der Waals surface area contributed by atoms with Crippen molar-refractivity contribution in [3.63, 3.8) is 0 Å². The molecule has 15 heavy (non-hydrogen) atoms. The summed E-state index contributed by atoms with van der Waals surface area (Å²) in [6.45, 7) is 0. The van der Waals surface area contributed by atoms with Crippen molar-refractivity contribution < 1.29 is 19.4 Å². The fraction of sp³-hybridized carbons (Fsp3) is 0.222. The van der Waals surface area contributed by atoms with Gasteiger partial charge in [0, 0.05) is 0 Å². The number of nitrogens with two attached hydrogens (primary N) is 1. The fourth-order valence-corrected chi connectivity index (χ4v) is 1.16. The summed E-state index contributed by atoms with van der Waals surface area (Å²) in [5.41, 5.74) is 5.25. The topological polar surface area (TPSA) is 83.6 Å². The zero-order valence-corrected chi connectivity index (χ0v) is 8.28. The van der Waals surface area contributed by atoms with Crippen molar-refractivity contribution in [3.8, 4) is 0 Å². The zero-order chi connectivity index (χ0) is 11.6. The molecular weight excluding hydrogens is 225 g/mol. The van der Waals surface area contributed by atoms with E-state index in [9.17, 15) is 14.3 Å². The minimum atomic E-state index is -1.49. The average Bonchev–Trinajstić information content (AvgIpc) is 2.19. The van der Waals surface area contributed by atoms with Crippen LogP contribution in [0.25, 0.3) is 0 Å². The van der Waals surface area contributed by atoms with E-state index in [1.54, 1.807) is 0 Å². The van der Waals surface area contributed by atoms with Crippen LogP contribution in [0, 0.1) is 5.82 Å². The van der Waals surface area contributed by atoms with E-state index in [2.05, 4.69) is 0 Å². The predicted molar refractivity (Wildman–Crippen MR) is 52.0 cm³/mol. The highest BCUT2D eigenvalue weighted by Gasteiger charge is 2.24. The van der Waals surface area contributed by atoms with Crippen LogP contribution >= 0.6 is 11.6 Å². The molecule has 0 aliphatic heterocycles. The maximum Gasteiger partial charge on any atom is 0.323 e. The number of halogens is 2. The second-order valence-corrected chi connectivity index (χ2v) is 3.39. The number of carboxylic acids is 1. The number of aliphatic carboxylic acids is 1. The molecule has 0 saturated carbocycles. The van der Waals surface area contributed by atoms with E-state index in [0.29, 0.717) is 0 Å². The molecular formula is C9H9ClFNO3. The van der Waals surface area contributed by atoms with Crippen molar-refractivity contribution in [2.45, 2.75) is 12.1 Å². The van der Waals surface area contributed by atoms with Crippen LogP contribution in [-0.4, -0.2) is 22.2 Å². The highest BCUT2D eigenvalue weighted by atomic mass is 35.5. The second-order valence-electron chi connectivity index (χ2n) is 2.98. The van der Waals surface area contributed by atoms with Crippen LogP contribution in [0.5, 0.6) is 0 Å². The van der Waals surface area contributed by atoms with Gasteiger partial charge in [0.2, 0.25) is 0 Å². The molecule has 2 atom stereocenters. The highest BCUT2D eigenvalue weighted by molar-refractivity contribution is 6.30. The van der Waals surface area contributed by atoms with Gasteiger partial charge in [0.05, 0.1) is 5.02 Å². The van der Waals surface area contributed by atoms with Gasteiger partial charge in [-0.3, -0.25) is 4.79 Å². The summed E-state index contributed by atoms with van der Waals surface area (Å²) in [7, 11) is 0. The molecule has 0 bridgehead atoms. The van der Waals surface area contributed by atoms with Crippen LogP contribution in [-0.2, 0) is 4.79 Å². The zero-order valence-electron chi connectivity index (χ0n) is 7.52. The molecule has 0 amide bonds. The molecule has 82 valence electrons. The third-order valence-corrected chi connectivity index (χ3v) is 2.22. The first-order valence-electron chi connectivity index (χ1n) is 4.05. The Hall–Kier alpha value is -1.17. The van der Waals surface area contributed by atoms with Gasteiger partial charge in [-0.15, -0.1) is 0 Å². The summed E-state index contributed by atoms with van der Waals surface area (Å²) in [5.74, 6) is -2.09. The van der Waals surface area contributed by atoms with E-state index < -0.39 is 23.9 Å². The normalized spacial score (nSPS) is 14.7. The van der Waals surface area contributed by atoms with Gasteiger partial charge in [-0.05, 0) is 17.7 Å². The summed E-state index contributed by atoms with van der Waals surface area (Å²) in [4.78, 5) is 10.5. The summed E-state index contributed by atoms with van der Waals surface area (Å²) in [5, 5.41) is 17.9. The highest BCUT2D eigenvalue weighted by Crippen LogP contribution is 2.21. The van der Waals surface area contributed by atoms with Crippen LogP contribution in [0.2, 0.25) is 5.02 Å². The first-order chi connectivity index (χ1) is 6.93. The predicted octanol–water partition coefficient (Wildman–Crippen LogP) is 0.924. The number of carboxylic acid groups (broad SMARTS) is 1. The number of benzene rings is 1. The smallest absolute Gasteiger partial charge is 0.323 e. The van der Waals surface area contributed by atoms with Crippen LogP contribution in [0.15, 0.2) is 18.2 Å². The molecule has 4 nitrogen and oxygen atoms in total. The standard InChI is InChI=1S/C9H9ClFNO3/c10-5-2-1-4(3-6(5)11)8(13)7(12)9(14)15/h1-3,7-8,13H,12H2,(H,14,15). The number of hydrogen-bond acceptors (Lipinski definition) is 3. The van der Waals surface area contributed by atoms with Gasteiger partial charge < -0.3 is 15.9 Å². The van der Waals surface area contributed by atoms with Crippen molar-refractivity contribution in [1.29, 1.82) is 0 Å². The number of rotatable bonds is 3. The van der Waals surface area contributed by atoms with Gasteiger partial charge in [0.1, 0.15) is 18.0 Å². The SMILES string of the molecule is NC(C(=O)O)C(O)c1ccc(Cl)c(F)c1. The number of aliphatic hydroxyl groups excluding tert-OH is 1. The van der Waals surface area contributed by atoms with Gasteiger partial charge in [-0.25, -0.2) is 4.39 Å².